The van der Waals surface area contributed by atoms with Crippen LogP contribution in [-0.2, 0) is 9.53 Å². The number of hydrogen-bond acceptors (Lipinski definition) is 4. The van der Waals surface area contributed by atoms with Crippen molar-refractivity contribution >= 4 is 38.6 Å². The third-order valence-corrected chi connectivity index (χ3v) is 5.58. The minimum Gasteiger partial charge on any atom is -0.371 e. The predicted octanol–water partition coefficient (Wildman–Crippen LogP) is 3.02. The van der Waals surface area contributed by atoms with Gasteiger partial charge in [0.2, 0.25) is 5.91 Å². The predicted molar refractivity (Wildman–Crippen MR) is 111 cm³/mol. The van der Waals surface area contributed by atoms with Gasteiger partial charge in [0, 0.05) is 23.2 Å². The Kier molecular flexibility index (Phi) is 5.34. The molecule has 1 fully saturated rings. The molecule has 28 heavy (non-hydrogen) atoms. The summed E-state index contributed by atoms with van der Waals surface area (Å²) in [5.41, 5.74) is 2.86. The average molecular weight is 445 g/mol. The van der Waals surface area contributed by atoms with Gasteiger partial charge >= 0.3 is 5.69 Å². The van der Waals surface area contributed by atoms with Gasteiger partial charge in [-0.2, -0.15) is 0 Å². The Morgan fingerprint density at radius 2 is 1.96 bits per heavy atom. The van der Waals surface area contributed by atoms with E-state index in [0.29, 0.717) is 36.4 Å². The van der Waals surface area contributed by atoms with E-state index in [4.69, 9.17) is 4.74 Å². The second kappa shape index (κ2) is 7.90. The number of imidazole rings is 1. The van der Waals surface area contributed by atoms with Crippen molar-refractivity contribution in [1.82, 2.24) is 14.9 Å². The zero-order valence-electron chi connectivity index (χ0n) is 15.4. The highest BCUT2D eigenvalue weighted by Gasteiger charge is 2.28. The zero-order chi connectivity index (χ0) is 19.7. The van der Waals surface area contributed by atoms with Gasteiger partial charge in [-0.25, -0.2) is 4.79 Å². The fourth-order valence-electron chi connectivity index (χ4n) is 3.42. The van der Waals surface area contributed by atoms with E-state index in [0.717, 1.165) is 10.0 Å². The van der Waals surface area contributed by atoms with Gasteiger partial charge in [-0.05, 0) is 42.8 Å². The first-order chi connectivity index (χ1) is 13.5. The highest BCUT2D eigenvalue weighted by Crippen LogP contribution is 2.25. The van der Waals surface area contributed by atoms with Crippen LogP contribution < -0.4 is 11.0 Å². The number of carbonyl (C=O) groups excluding carboxylic acids is 1. The van der Waals surface area contributed by atoms with Crippen molar-refractivity contribution in [1.29, 1.82) is 0 Å². The highest BCUT2D eigenvalue weighted by molar-refractivity contribution is 9.10. The molecule has 1 aliphatic heterocycles. The number of anilines is 1. The van der Waals surface area contributed by atoms with Crippen molar-refractivity contribution in [3.8, 4) is 0 Å². The van der Waals surface area contributed by atoms with E-state index in [1.54, 1.807) is 18.2 Å². The lowest BCUT2D eigenvalue weighted by atomic mass is 10.1. The summed E-state index contributed by atoms with van der Waals surface area (Å²) in [6.07, 6.45) is -0.0571. The largest absolute Gasteiger partial charge is 0.371 e. The lowest BCUT2D eigenvalue weighted by Crippen LogP contribution is -2.48. The molecule has 1 aromatic heterocycles. The molecule has 0 radical (unpaired) electrons. The normalized spacial score (nSPS) is 18.9. The van der Waals surface area contributed by atoms with Crippen LogP contribution in [0, 0.1) is 0 Å². The molecule has 2 aromatic carbocycles. The first-order valence-corrected chi connectivity index (χ1v) is 9.93. The van der Waals surface area contributed by atoms with Gasteiger partial charge in [0.15, 0.2) is 0 Å². The molecule has 0 saturated carbocycles. The first kappa shape index (κ1) is 18.9. The molecular weight excluding hydrogens is 424 g/mol. The first-order valence-electron chi connectivity index (χ1n) is 9.13. The van der Waals surface area contributed by atoms with Crippen LogP contribution in [0.25, 0.3) is 11.0 Å². The molecule has 1 saturated heterocycles. The molecule has 0 spiro atoms. The Bertz CT molecular complexity index is 1040. The summed E-state index contributed by atoms with van der Waals surface area (Å²) in [6.45, 7) is 3.83. The van der Waals surface area contributed by atoms with Crippen LogP contribution >= 0.6 is 15.9 Å². The highest BCUT2D eigenvalue weighted by atomic mass is 79.9. The maximum atomic E-state index is 12.8. The number of aromatic nitrogens is 2. The number of halogens is 1. The number of morpholine rings is 1. The van der Waals surface area contributed by atoms with Gasteiger partial charge in [0.25, 0.3) is 0 Å². The Morgan fingerprint density at radius 1 is 1.21 bits per heavy atom. The Labute approximate surface area is 170 Å². The summed E-state index contributed by atoms with van der Waals surface area (Å²) in [6, 6.07) is 13.1. The Morgan fingerprint density at radius 3 is 2.75 bits per heavy atom. The number of ether oxygens (including phenoxy) is 1. The molecule has 1 aliphatic rings. The van der Waals surface area contributed by atoms with Crippen LogP contribution in [0.3, 0.4) is 0 Å². The van der Waals surface area contributed by atoms with E-state index in [-0.39, 0.29) is 23.7 Å². The molecule has 2 unspecified atom stereocenters. The van der Waals surface area contributed by atoms with E-state index in [1.165, 1.54) is 0 Å². The molecule has 0 aliphatic carbocycles. The lowest BCUT2D eigenvalue weighted by Gasteiger charge is -2.36. The third-order valence-electron chi connectivity index (χ3n) is 5.05. The van der Waals surface area contributed by atoms with Gasteiger partial charge in [0.05, 0.1) is 29.8 Å². The SMILES string of the molecule is CC(C(=O)Nc1ccc2[nH]c(=O)[nH]c2c1)N1CCOC(c2ccc(Br)cc2)C1. The van der Waals surface area contributed by atoms with Crippen molar-refractivity contribution in [2.45, 2.75) is 19.1 Å². The van der Waals surface area contributed by atoms with Gasteiger partial charge < -0.3 is 20.0 Å². The number of nitrogens with zero attached hydrogens (tertiary/aromatic N) is 1. The smallest absolute Gasteiger partial charge is 0.323 e. The third kappa shape index (κ3) is 4.04. The summed E-state index contributed by atoms with van der Waals surface area (Å²) in [5.74, 6) is -0.0892. The Hall–Kier alpha value is -2.42. The molecule has 7 nitrogen and oxygen atoms in total. The van der Waals surface area contributed by atoms with Crippen molar-refractivity contribution in [2.75, 3.05) is 25.0 Å². The topological polar surface area (TPSA) is 90.2 Å². The number of benzene rings is 2. The molecule has 3 N–H and O–H groups in total. The molecular formula is C20H21BrN4O3. The summed E-state index contributed by atoms with van der Waals surface area (Å²) in [7, 11) is 0. The molecule has 0 bridgehead atoms. The van der Waals surface area contributed by atoms with Crippen molar-refractivity contribution in [3.63, 3.8) is 0 Å². The number of nitrogens with one attached hydrogen (secondary N) is 3. The molecule has 2 heterocycles. The van der Waals surface area contributed by atoms with Crippen LogP contribution in [0.4, 0.5) is 5.69 Å². The van der Waals surface area contributed by atoms with Crippen molar-refractivity contribution in [2.24, 2.45) is 0 Å². The fraction of sp³-hybridized carbons (Fsp3) is 0.300. The number of aromatic amines is 2. The molecule has 146 valence electrons. The standard InChI is InChI=1S/C20H21BrN4O3/c1-12(19(26)22-15-6-7-16-17(10-15)24-20(27)23-16)25-8-9-28-18(11-25)13-2-4-14(21)5-3-13/h2-7,10,12,18H,8-9,11H2,1H3,(H,22,26)(H2,23,24,27). The van der Waals surface area contributed by atoms with Crippen LogP contribution in [0.15, 0.2) is 51.7 Å². The fourth-order valence-corrected chi connectivity index (χ4v) is 3.69. The van der Waals surface area contributed by atoms with Crippen LogP contribution in [-0.4, -0.2) is 46.5 Å². The van der Waals surface area contributed by atoms with Gasteiger partial charge in [0.1, 0.15) is 0 Å². The zero-order valence-corrected chi connectivity index (χ0v) is 17.0. The van der Waals surface area contributed by atoms with E-state index in [1.807, 2.05) is 31.2 Å². The second-order valence-corrected chi connectivity index (χ2v) is 7.83. The van der Waals surface area contributed by atoms with E-state index < -0.39 is 0 Å². The monoisotopic (exact) mass is 444 g/mol. The summed E-state index contributed by atoms with van der Waals surface area (Å²) < 4.78 is 6.93. The molecule has 8 heteroatoms. The summed E-state index contributed by atoms with van der Waals surface area (Å²) >= 11 is 3.45. The van der Waals surface area contributed by atoms with Crippen LogP contribution in [0.2, 0.25) is 0 Å². The summed E-state index contributed by atoms with van der Waals surface area (Å²) in [4.78, 5) is 31.7. The number of amides is 1. The maximum absolute atomic E-state index is 12.8. The van der Waals surface area contributed by atoms with E-state index in [2.05, 4.69) is 36.1 Å². The van der Waals surface area contributed by atoms with Crippen molar-refractivity contribution < 1.29 is 9.53 Å². The number of fused-ring (bicyclic) bond motifs is 1. The molecule has 1 amide bonds. The molecule has 3 aromatic rings. The maximum Gasteiger partial charge on any atom is 0.323 e. The second-order valence-electron chi connectivity index (χ2n) is 6.91. The van der Waals surface area contributed by atoms with Crippen LogP contribution in [0.1, 0.15) is 18.6 Å². The quantitative estimate of drug-likeness (QED) is 0.576. The number of rotatable bonds is 4. The Balaban J connectivity index is 1.43. The minimum absolute atomic E-state index is 0.0571. The van der Waals surface area contributed by atoms with Gasteiger partial charge in [-0.15, -0.1) is 0 Å². The number of carbonyl (C=O) groups is 1. The number of H-pyrrole nitrogens is 2. The molecule has 2 atom stereocenters. The molecule has 4 rings (SSSR count). The average Bonchev–Trinajstić information content (AvgIpc) is 3.07. The van der Waals surface area contributed by atoms with Crippen molar-refractivity contribution in [3.05, 3.63) is 63.0 Å². The van der Waals surface area contributed by atoms with E-state index in [9.17, 15) is 9.59 Å². The number of hydrogen-bond donors (Lipinski definition) is 3. The minimum atomic E-state index is -0.303. The van der Waals surface area contributed by atoms with Crippen LogP contribution in [0.5, 0.6) is 0 Å². The van der Waals surface area contributed by atoms with E-state index >= 15 is 0 Å². The van der Waals surface area contributed by atoms with Gasteiger partial charge in [-0.1, -0.05) is 28.1 Å². The lowest BCUT2D eigenvalue weighted by molar-refractivity contribution is -0.124. The van der Waals surface area contributed by atoms with Gasteiger partial charge in [-0.3, -0.25) is 9.69 Å². The summed E-state index contributed by atoms with van der Waals surface area (Å²) in [5, 5.41) is 2.94.